The van der Waals surface area contributed by atoms with Crippen LogP contribution in [0.25, 0.3) is 0 Å². The molecule has 1 fully saturated rings. The van der Waals surface area contributed by atoms with Crippen molar-refractivity contribution in [3.63, 3.8) is 0 Å². The molecule has 1 aromatic heterocycles. The Morgan fingerprint density at radius 2 is 2.28 bits per heavy atom. The standard InChI is InChI=1S/C12H17N3O3/c1-17-12(16)10-2-3-11(13-8-10)9-14-15-4-6-18-7-5-15/h2-3,8,14H,4-7,9H2,1H3. The van der Waals surface area contributed by atoms with Crippen LogP contribution >= 0.6 is 0 Å². The Labute approximate surface area is 106 Å². The van der Waals surface area contributed by atoms with Crippen LogP contribution in [0.5, 0.6) is 0 Å². The van der Waals surface area contributed by atoms with Crippen molar-refractivity contribution in [1.29, 1.82) is 0 Å². The Bertz CT molecular complexity index is 388. The first-order chi connectivity index (χ1) is 8.79. The third-order valence-electron chi connectivity index (χ3n) is 2.74. The molecule has 0 spiro atoms. The van der Waals surface area contributed by atoms with Crippen LogP contribution in [-0.4, -0.2) is 49.4 Å². The van der Waals surface area contributed by atoms with Gasteiger partial charge in [-0.25, -0.2) is 15.2 Å². The molecule has 0 radical (unpaired) electrons. The fourth-order valence-corrected chi connectivity index (χ4v) is 1.68. The van der Waals surface area contributed by atoms with E-state index >= 15 is 0 Å². The Kier molecular flexibility index (Phi) is 4.63. The summed E-state index contributed by atoms with van der Waals surface area (Å²) >= 11 is 0. The number of carbonyl (C=O) groups excluding carboxylic acids is 1. The van der Waals surface area contributed by atoms with E-state index in [-0.39, 0.29) is 5.97 Å². The number of methoxy groups -OCH3 is 1. The lowest BCUT2D eigenvalue weighted by atomic mass is 10.2. The summed E-state index contributed by atoms with van der Waals surface area (Å²) in [4.78, 5) is 15.4. The van der Waals surface area contributed by atoms with Crippen LogP contribution in [0.1, 0.15) is 16.1 Å². The highest BCUT2D eigenvalue weighted by atomic mass is 16.5. The molecule has 0 aromatic carbocycles. The molecule has 98 valence electrons. The summed E-state index contributed by atoms with van der Waals surface area (Å²) in [6.45, 7) is 3.89. The van der Waals surface area contributed by atoms with Crippen LogP contribution in [0.15, 0.2) is 18.3 Å². The lowest BCUT2D eigenvalue weighted by Crippen LogP contribution is -2.45. The number of hydrogen-bond donors (Lipinski definition) is 1. The molecule has 1 N–H and O–H groups in total. The van der Waals surface area contributed by atoms with Crippen molar-refractivity contribution < 1.29 is 14.3 Å². The molecule has 6 nitrogen and oxygen atoms in total. The average Bonchev–Trinajstić information content (AvgIpc) is 2.46. The molecule has 0 aliphatic carbocycles. The number of ether oxygens (including phenoxy) is 2. The van der Waals surface area contributed by atoms with E-state index < -0.39 is 0 Å². The molecule has 0 amide bonds. The average molecular weight is 251 g/mol. The molecule has 18 heavy (non-hydrogen) atoms. The summed E-state index contributed by atoms with van der Waals surface area (Å²) in [6, 6.07) is 3.54. The molecule has 1 aromatic rings. The highest BCUT2D eigenvalue weighted by molar-refractivity contribution is 5.88. The second kappa shape index (κ2) is 6.44. The molecule has 2 heterocycles. The van der Waals surface area contributed by atoms with E-state index in [0.29, 0.717) is 12.1 Å². The summed E-state index contributed by atoms with van der Waals surface area (Å²) in [7, 11) is 1.36. The Balaban J connectivity index is 1.84. The van der Waals surface area contributed by atoms with Crippen LogP contribution < -0.4 is 5.43 Å². The van der Waals surface area contributed by atoms with E-state index in [2.05, 4.69) is 20.2 Å². The summed E-state index contributed by atoms with van der Waals surface area (Å²) in [6.07, 6.45) is 1.53. The van der Waals surface area contributed by atoms with Crippen molar-refractivity contribution >= 4 is 5.97 Å². The fourth-order valence-electron chi connectivity index (χ4n) is 1.68. The zero-order chi connectivity index (χ0) is 12.8. The topological polar surface area (TPSA) is 63.7 Å². The zero-order valence-electron chi connectivity index (χ0n) is 10.4. The van der Waals surface area contributed by atoms with Gasteiger partial charge in [-0.3, -0.25) is 4.98 Å². The molecule has 0 saturated carbocycles. The normalized spacial score (nSPS) is 16.5. The van der Waals surface area contributed by atoms with Crippen molar-refractivity contribution in [2.24, 2.45) is 0 Å². The van der Waals surface area contributed by atoms with Crippen LogP contribution in [0.4, 0.5) is 0 Å². The van der Waals surface area contributed by atoms with E-state index in [4.69, 9.17) is 4.74 Å². The highest BCUT2D eigenvalue weighted by Gasteiger charge is 2.10. The van der Waals surface area contributed by atoms with Gasteiger partial charge in [0, 0.05) is 19.3 Å². The SMILES string of the molecule is COC(=O)c1ccc(CNN2CCOCC2)nc1. The van der Waals surface area contributed by atoms with Gasteiger partial charge in [0.25, 0.3) is 0 Å². The van der Waals surface area contributed by atoms with Gasteiger partial charge in [-0.15, -0.1) is 0 Å². The lowest BCUT2D eigenvalue weighted by molar-refractivity contribution is 0.0103. The first-order valence-corrected chi connectivity index (χ1v) is 5.89. The highest BCUT2D eigenvalue weighted by Crippen LogP contribution is 2.02. The summed E-state index contributed by atoms with van der Waals surface area (Å²) < 4.78 is 9.87. The minimum absolute atomic E-state index is 0.366. The number of carbonyl (C=O) groups is 1. The minimum Gasteiger partial charge on any atom is -0.465 e. The smallest absolute Gasteiger partial charge is 0.339 e. The van der Waals surface area contributed by atoms with Gasteiger partial charge in [0.2, 0.25) is 0 Å². The summed E-state index contributed by atoms with van der Waals surface area (Å²) in [5.74, 6) is -0.366. The number of nitrogens with one attached hydrogen (secondary N) is 1. The zero-order valence-corrected chi connectivity index (χ0v) is 10.4. The van der Waals surface area contributed by atoms with Gasteiger partial charge >= 0.3 is 5.97 Å². The number of rotatable bonds is 4. The Morgan fingerprint density at radius 1 is 1.50 bits per heavy atom. The lowest BCUT2D eigenvalue weighted by Gasteiger charge is -2.27. The van der Waals surface area contributed by atoms with Crippen LogP contribution in [0.2, 0.25) is 0 Å². The second-order valence-electron chi connectivity index (χ2n) is 3.96. The molecule has 0 bridgehead atoms. The Morgan fingerprint density at radius 3 is 2.89 bits per heavy atom. The second-order valence-corrected chi connectivity index (χ2v) is 3.96. The largest absolute Gasteiger partial charge is 0.465 e. The van der Waals surface area contributed by atoms with Crippen molar-refractivity contribution in [1.82, 2.24) is 15.4 Å². The number of morpholine rings is 1. The van der Waals surface area contributed by atoms with Gasteiger partial charge in [-0.1, -0.05) is 0 Å². The molecule has 0 unspecified atom stereocenters. The minimum atomic E-state index is -0.366. The van der Waals surface area contributed by atoms with Gasteiger partial charge in [-0.05, 0) is 12.1 Å². The number of nitrogens with zero attached hydrogens (tertiary/aromatic N) is 2. The van der Waals surface area contributed by atoms with E-state index in [9.17, 15) is 4.79 Å². The third kappa shape index (κ3) is 3.49. The van der Waals surface area contributed by atoms with Crippen LogP contribution in [0.3, 0.4) is 0 Å². The maximum atomic E-state index is 11.2. The maximum absolute atomic E-state index is 11.2. The first kappa shape index (κ1) is 12.9. The fraction of sp³-hybridized carbons (Fsp3) is 0.500. The predicted octanol–water partition coefficient (Wildman–Crippen LogP) is 0.205. The predicted molar refractivity (Wildman–Crippen MR) is 64.8 cm³/mol. The van der Waals surface area contributed by atoms with E-state index in [1.807, 2.05) is 6.07 Å². The quantitative estimate of drug-likeness (QED) is 0.772. The van der Waals surface area contributed by atoms with Crippen molar-refractivity contribution in [3.8, 4) is 0 Å². The van der Waals surface area contributed by atoms with Gasteiger partial charge in [0.05, 0.1) is 38.1 Å². The van der Waals surface area contributed by atoms with E-state index in [1.54, 1.807) is 6.07 Å². The third-order valence-corrected chi connectivity index (χ3v) is 2.74. The van der Waals surface area contributed by atoms with Crippen molar-refractivity contribution in [3.05, 3.63) is 29.6 Å². The van der Waals surface area contributed by atoms with E-state index in [1.165, 1.54) is 13.3 Å². The molecule has 1 aliphatic heterocycles. The van der Waals surface area contributed by atoms with Gasteiger partial charge < -0.3 is 9.47 Å². The monoisotopic (exact) mass is 251 g/mol. The Hall–Kier alpha value is -1.50. The molecule has 2 rings (SSSR count). The summed E-state index contributed by atoms with van der Waals surface area (Å²) in [5.41, 5.74) is 4.62. The van der Waals surface area contributed by atoms with Gasteiger partial charge in [-0.2, -0.15) is 0 Å². The number of esters is 1. The number of aromatic nitrogens is 1. The number of hydrogen-bond acceptors (Lipinski definition) is 6. The number of hydrazine groups is 1. The van der Waals surface area contributed by atoms with Crippen LogP contribution in [-0.2, 0) is 16.0 Å². The maximum Gasteiger partial charge on any atom is 0.339 e. The van der Waals surface area contributed by atoms with Gasteiger partial charge in [0.15, 0.2) is 0 Å². The van der Waals surface area contributed by atoms with Crippen molar-refractivity contribution in [2.75, 3.05) is 33.4 Å². The first-order valence-electron chi connectivity index (χ1n) is 5.89. The molecule has 6 heteroatoms. The molecule has 0 atom stereocenters. The van der Waals surface area contributed by atoms with Gasteiger partial charge in [0.1, 0.15) is 0 Å². The number of pyridine rings is 1. The van der Waals surface area contributed by atoms with E-state index in [0.717, 1.165) is 32.0 Å². The molecular formula is C12H17N3O3. The molecular weight excluding hydrogens is 234 g/mol. The van der Waals surface area contributed by atoms with Crippen molar-refractivity contribution in [2.45, 2.75) is 6.54 Å². The summed E-state index contributed by atoms with van der Waals surface area (Å²) in [5, 5.41) is 2.11. The molecule has 1 aliphatic rings. The van der Waals surface area contributed by atoms with Crippen LogP contribution in [0, 0.1) is 0 Å². The molecule has 1 saturated heterocycles.